The van der Waals surface area contributed by atoms with Crippen LogP contribution in [0.2, 0.25) is 5.02 Å². The molecule has 0 aliphatic carbocycles. The number of halogens is 1. The van der Waals surface area contributed by atoms with Crippen LogP contribution in [0.15, 0.2) is 24.3 Å². The fourth-order valence-corrected chi connectivity index (χ4v) is 3.02. The molecule has 8 nitrogen and oxygen atoms in total. The minimum absolute atomic E-state index is 0.0573. The Bertz CT molecular complexity index is 906. The molecule has 2 amide bonds. The van der Waals surface area contributed by atoms with Crippen LogP contribution in [0, 0.1) is 0 Å². The van der Waals surface area contributed by atoms with E-state index in [4.69, 9.17) is 30.5 Å². The summed E-state index contributed by atoms with van der Waals surface area (Å²) in [6, 6.07) is 6.51. The lowest BCUT2D eigenvalue weighted by Gasteiger charge is -2.19. The summed E-state index contributed by atoms with van der Waals surface area (Å²) in [4.78, 5) is 23.9. The van der Waals surface area contributed by atoms with Gasteiger partial charge in [0.2, 0.25) is 11.7 Å². The number of nitrogens with one attached hydrogen (secondary N) is 2. The second kappa shape index (κ2) is 8.26. The standard InChI is InChI=1S/C19H19ClN2O6/c1-25-15-4-10(5-16(26-2)19(15)27-3)6-17(23)21-12-8-14-13(7-11(12)20)22-18(24)9-28-14/h4-5,7-8H,6,9H2,1-3H3,(H,21,23)(H,22,24). The lowest BCUT2D eigenvalue weighted by molar-refractivity contribution is -0.118. The number of anilines is 2. The molecule has 0 saturated carbocycles. The van der Waals surface area contributed by atoms with Crippen molar-refractivity contribution in [3.8, 4) is 23.0 Å². The average Bonchev–Trinajstić information content (AvgIpc) is 2.67. The molecule has 0 radical (unpaired) electrons. The van der Waals surface area contributed by atoms with E-state index in [9.17, 15) is 9.59 Å². The normalized spacial score (nSPS) is 12.4. The fourth-order valence-electron chi connectivity index (χ4n) is 2.81. The molecule has 3 rings (SSSR count). The summed E-state index contributed by atoms with van der Waals surface area (Å²) in [5.41, 5.74) is 1.52. The third kappa shape index (κ3) is 4.07. The number of hydrogen-bond acceptors (Lipinski definition) is 6. The Morgan fingerprint density at radius 3 is 2.43 bits per heavy atom. The first kappa shape index (κ1) is 19.6. The molecule has 9 heteroatoms. The first-order valence-corrected chi connectivity index (χ1v) is 8.68. The zero-order chi connectivity index (χ0) is 20.3. The maximum Gasteiger partial charge on any atom is 0.262 e. The summed E-state index contributed by atoms with van der Waals surface area (Å²) in [5, 5.41) is 5.68. The highest BCUT2D eigenvalue weighted by Crippen LogP contribution is 2.39. The van der Waals surface area contributed by atoms with Gasteiger partial charge in [0.1, 0.15) is 5.75 Å². The van der Waals surface area contributed by atoms with Crippen LogP contribution in [0.5, 0.6) is 23.0 Å². The van der Waals surface area contributed by atoms with E-state index in [1.165, 1.54) is 27.4 Å². The van der Waals surface area contributed by atoms with Crippen LogP contribution in [0.4, 0.5) is 11.4 Å². The largest absolute Gasteiger partial charge is 0.493 e. The molecule has 28 heavy (non-hydrogen) atoms. The summed E-state index contributed by atoms with van der Waals surface area (Å²) < 4.78 is 21.2. The molecule has 0 aromatic heterocycles. The molecule has 2 N–H and O–H groups in total. The predicted molar refractivity (Wildman–Crippen MR) is 104 cm³/mol. The van der Waals surface area contributed by atoms with Gasteiger partial charge < -0.3 is 29.6 Å². The van der Waals surface area contributed by atoms with Gasteiger partial charge in [-0.3, -0.25) is 9.59 Å². The second-order valence-electron chi connectivity index (χ2n) is 5.92. The molecule has 0 atom stereocenters. The molecular formula is C19H19ClN2O6. The number of carbonyl (C=O) groups excluding carboxylic acids is 2. The van der Waals surface area contributed by atoms with E-state index in [1.54, 1.807) is 18.2 Å². The van der Waals surface area contributed by atoms with Crippen molar-refractivity contribution in [2.24, 2.45) is 0 Å². The lowest BCUT2D eigenvalue weighted by atomic mass is 10.1. The molecule has 0 unspecified atom stereocenters. The second-order valence-corrected chi connectivity index (χ2v) is 6.33. The highest BCUT2D eigenvalue weighted by molar-refractivity contribution is 6.34. The highest BCUT2D eigenvalue weighted by atomic mass is 35.5. The van der Waals surface area contributed by atoms with Crippen molar-refractivity contribution in [3.05, 3.63) is 34.9 Å². The Hall–Kier alpha value is -3.13. The van der Waals surface area contributed by atoms with Gasteiger partial charge in [-0.1, -0.05) is 11.6 Å². The first-order valence-electron chi connectivity index (χ1n) is 8.30. The molecular weight excluding hydrogens is 388 g/mol. The van der Waals surface area contributed by atoms with Crippen LogP contribution < -0.4 is 29.6 Å². The van der Waals surface area contributed by atoms with E-state index in [0.717, 1.165) is 0 Å². The van der Waals surface area contributed by atoms with E-state index >= 15 is 0 Å². The number of methoxy groups -OCH3 is 3. The molecule has 1 heterocycles. The molecule has 148 valence electrons. The number of ether oxygens (including phenoxy) is 4. The number of amides is 2. The van der Waals surface area contributed by atoms with Crippen molar-refractivity contribution in [1.29, 1.82) is 0 Å². The van der Waals surface area contributed by atoms with Gasteiger partial charge in [0.15, 0.2) is 18.1 Å². The van der Waals surface area contributed by atoms with Crippen LogP contribution in [-0.2, 0) is 16.0 Å². The molecule has 0 spiro atoms. The molecule has 1 aliphatic heterocycles. The van der Waals surface area contributed by atoms with Crippen molar-refractivity contribution in [3.63, 3.8) is 0 Å². The summed E-state index contributed by atoms with van der Waals surface area (Å²) >= 11 is 6.21. The molecule has 0 fully saturated rings. The SMILES string of the molecule is COc1cc(CC(=O)Nc2cc3c(cc2Cl)NC(=O)CO3)cc(OC)c1OC. The Morgan fingerprint density at radius 2 is 1.82 bits per heavy atom. The number of carbonyl (C=O) groups is 2. The molecule has 0 bridgehead atoms. The van der Waals surface area contributed by atoms with E-state index in [1.807, 2.05) is 0 Å². The van der Waals surface area contributed by atoms with Gasteiger partial charge in [0, 0.05) is 6.07 Å². The Balaban J connectivity index is 1.78. The third-order valence-electron chi connectivity index (χ3n) is 4.07. The monoisotopic (exact) mass is 406 g/mol. The van der Waals surface area contributed by atoms with E-state index in [2.05, 4.69) is 10.6 Å². The van der Waals surface area contributed by atoms with Crippen LogP contribution in [0.1, 0.15) is 5.56 Å². The van der Waals surface area contributed by atoms with E-state index in [0.29, 0.717) is 39.9 Å². The van der Waals surface area contributed by atoms with Gasteiger partial charge >= 0.3 is 0 Å². The van der Waals surface area contributed by atoms with Crippen LogP contribution in [-0.4, -0.2) is 39.8 Å². The molecule has 1 aliphatic rings. The number of fused-ring (bicyclic) bond motifs is 1. The number of hydrogen-bond donors (Lipinski definition) is 2. The minimum atomic E-state index is -0.295. The van der Waals surface area contributed by atoms with Gasteiger partial charge in [0.25, 0.3) is 5.91 Å². The van der Waals surface area contributed by atoms with Crippen molar-refractivity contribution in [2.75, 3.05) is 38.6 Å². The number of rotatable bonds is 6. The Labute approximate surface area is 166 Å². The number of benzene rings is 2. The van der Waals surface area contributed by atoms with Crippen molar-refractivity contribution in [2.45, 2.75) is 6.42 Å². The average molecular weight is 407 g/mol. The van der Waals surface area contributed by atoms with Crippen molar-refractivity contribution in [1.82, 2.24) is 0 Å². The van der Waals surface area contributed by atoms with Gasteiger partial charge in [-0.05, 0) is 23.8 Å². The summed E-state index contributed by atoms with van der Waals surface area (Å²) in [7, 11) is 4.52. The zero-order valence-electron chi connectivity index (χ0n) is 15.6. The Morgan fingerprint density at radius 1 is 1.14 bits per heavy atom. The van der Waals surface area contributed by atoms with Crippen LogP contribution >= 0.6 is 11.6 Å². The van der Waals surface area contributed by atoms with Gasteiger partial charge in [-0.2, -0.15) is 0 Å². The van der Waals surface area contributed by atoms with Gasteiger partial charge in [0.05, 0.1) is 44.1 Å². The lowest BCUT2D eigenvalue weighted by Crippen LogP contribution is -2.25. The quantitative estimate of drug-likeness (QED) is 0.766. The fraction of sp³-hybridized carbons (Fsp3) is 0.263. The molecule has 2 aromatic carbocycles. The van der Waals surface area contributed by atoms with Gasteiger partial charge in [-0.25, -0.2) is 0 Å². The smallest absolute Gasteiger partial charge is 0.262 e. The summed E-state index contributed by atoms with van der Waals surface area (Å²) in [6.45, 7) is -0.0898. The maximum absolute atomic E-state index is 12.5. The van der Waals surface area contributed by atoms with Crippen LogP contribution in [0.25, 0.3) is 0 Å². The van der Waals surface area contributed by atoms with E-state index in [-0.39, 0.29) is 29.9 Å². The van der Waals surface area contributed by atoms with E-state index < -0.39 is 0 Å². The molecule has 2 aromatic rings. The van der Waals surface area contributed by atoms with Crippen molar-refractivity contribution < 1.29 is 28.5 Å². The minimum Gasteiger partial charge on any atom is -0.493 e. The Kier molecular flexibility index (Phi) is 5.79. The predicted octanol–water partition coefficient (Wildman–Crippen LogP) is 2.88. The van der Waals surface area contributed by atoms with Gasteiger partial charge in [-0.15, -0.1) is 0 Å². The zero-order valence-corrected chi connectivity index (χ0v) is 16.3. The maximum atomic E-state index is 12.5. The highest BCUT2D eigenvalue weighted by Gasteiger charge is 2.20. The third-order valence-corrected chi connectivity index (χ3v) is 4.38. The summed E-state index contributed by atoms with van der Waals surface area (Å²) in [6.07, 6.45) is 0.0573. The van der Waals surface area contributed by atoms with Crippen LogP contribution in [0.3, 0.4) is 0 Å². The first-order chi connectivity index (χ1) is 13.4. The van der Waals surface area contributed by atoms with Crippen molar-refractivity contribution >= 4 is 34.8 Å². The summed E-state index contributed by atoms with van der Waals surface area (Å²) in [5.74, 6) is 1.25. The molecule has 0 saturated heterocycles. The topological polar surface area (TPSA) is 95.1 Å².